The molecular weight excluding hydrogens is 408 g/mol. The predicted molar refractivity (Wildman–Crippen MR) is 117 cm³/mol. The lowest BCUT2D eigenvalue weighted by Gasteiger charge is -2.27. The largest absolute Gasteiger partial charge is 0.354 e. The van der Waals surface area contributed by atoms with E-state index in [0.29, 0.717) is 28.7 Å². The van der Waals surface area contributed by atoms with Gasteiger partial charge in [0.05, 0.1) is 10.6 Å². The van der Waals surface area contributed by atoms with Crippen LogP contribution < -0.4 is 9.62 Å². The molecule has 1 aliphatic rings. The Morgan fingerprint density at radius 2 is 1.79 bits per heavy atom. The Morgan fingerprint density at radius 3 is 2.45 bits per heavy atom. The summed E-state index contributed by atoms with van der Waals surface area (Å²) in [5, 5.41) is 3.45. The van der Waals surface area contributed by atoms with E-state index in [1.165, 1.54) is 35.7 Å². The highest BCUT2D eigenvalue weighted by molar-refractivity contribution is 7.92. The highest BCUT2D eigenvalue weighted by atomic mass is 35.5. The van der Waals surface area contributed by atoms with Crippen molar-refractivity contribution in [2.24, 2.45) is 5.92 Å². The third-order valence-corrected chi connectivity index (χ3v) is 7.37. The van der Waals surface area contributed by atoms with Gasteiger partial charge in [-0.25, -0.2) is 8.42 Å². The van der Waals surface area contributed by atoms with Gasteiger partial charge in [-0.1, -0.05) is 49.1 Å². The zero-order valence-electron chi connectivity index (χ0n) is 16.6. The van der Waals surface area contributed by atoms with Gasteiger partial charge in [-0.2, -0.15) is 0 Å². The van der Waals surface area contributed by atoms with Crippen LogP contribution in [-0.2, 0) is 14.8 Å². The van der Waals surface area contributed by atoms with Gasteiger partial charge in [-0.05, 0) is 61.6 Å². The Labute approximate surface area is 178 Å². The Kier molecular flexibility index (Phi) is 7.19. The normalized spacial score (nSPS) is 15.1. The van der Waals surface area contributed by atoms with Gasteiger partial charge in [0.15, 0.2) is 0 Å². The smallest absolute Gasteiger partial charge is 0.264 e. The van der Waals surface area contributed by atoms with E-state index in [1.807, 2.05) is 0 Å². The molecule has 7 heteroatoms. The van der Waals surface area contributed by atoms with Gasteiger partial charge in [0.25, 0.3) is 10.0 Å². The number of nitrogens with one attached hydrogen (secondary N) is 1. The van der Waals surface area contributed by atoms with Crippen LogP contribution in [0.2, 0.25) is 5.02 Å². The number of aryl methyl sites for hydroxylation is 1. The van der Waals surface area contributed by atoms with Crippen LogP contribution in [0, 0.1) is 12.8 Å². The lowest BCUT2D eigenvalue weighted by Crippen LogP contribution is -2.42. The molecule has 0 radical (unpaired) electrons. The van der Waals surface area contributed by atoms with Crippen molar-refractivity contribution in [1.29, 1.82) is 0 Å². The van der Waals surface area contributed by atoms with Crippen LogP contribution >= 0.6 is 11.6 Å². The molecule has 29 heavy (non-hydrogen) atoms. The SMILES string of the molecule is Cc1cc(Cl)ccc1N(CC(=O)NCC1CCCCC1)S(=O)(=O)c1ccccc1. The van der Waals surface area contributed by atoms with Crippen molar-refractivity contribution in [3.63, 3.8) is 0 Å². The maximum Gasteiger partial charge on any atom is 0.264 e. The lowest BCUT2D eigenvalue weighted by molar-refractivity contribution is -0.119. The first-order valence-corrected chi connectivity index (χ1v) is 11.8. The lowest BCUT2D eigenvalue weighted by atomic mass is 9.89. The van der Waals surface area contributed by atoms with Crippen LogP contribution in [0.15, 0.2) is 53.4 Å². The van der Waals surface area contributed by atoms with Gasteiger partial charge in [-0.3, -0.25) is 9.10 Å². The van der Waals surface area contributed by atoms with E-state index in [0.717, 1.165) is 12.8 Å². The van der Waals surface area contributed by atoms with Gasteiger partial charge in [-0.15, -0.1) is 0 Å². The van der Waals surface area contributed by atoms with E-state index >= 15 is 0 Å². The molecule has 0 atom stereocenters. The van der Waals surface area contributed by atoms with E-state index < -0.39 is 10.0 Å². The predicted octanol–water partition coefficient (Wildman–Crippen LogP) is 4.54. The number of nitrogens with zero attached hydrogens (tertiary/aromatic N) is 1. The highest BCUT2D eigenvalue weighted by Crippen LogP contribution is 2.29. The van der Waals surface area contributed by atoms with Gasteiger partial charge in [0.1, 0.15) is 6.54 Å². The highest BCUT2D eigenvalue weighted by Gasteiger charge is 2.28. The van der Waals surface area contributed by atoms with Crippen LogP contribution in [-0.4, -0.2) is 27.4 Å². The minimum absolute atomic E-state index is 0.148. The summed E-state index contributed by atoms with van der Waals surface area (Å²) in [5.74, 6) is 0.175. The van der Waals surface area contributed by atoms with Crippen LogP contribution in [0.3, 0.4) is 0 Å². The van der Waals surface area contributed by atoms with Gasteiger partial charge < -0.3 is 5.32 Å². The van der Waals surface area contributed by atoms with E-state index in [-0.39, 0.29) is 17.3 Å². The third kappa shape index (κ3) is 5.52. The maximum atomic E-state index is 13.3. The number of sulfonamides is 1. The summed E-state index contributed by atoms with van der Waals surface area (Å²) >= 11 is 6.05. The number of anilines is 1. The average molecular weight is 435 g/mol. The van der Waals surface area contributed by atoms with Crippen molar-refractivity contribution in [3.8, 4) is 0 Å². The molecule has 1 aliphatic carbocycles. The molecule has 0 heterocycles. The second-order valence-corrected chi connectivity index (χ2v) is 9.86. The van der Waals surface area contributed by atoms with E-state index in [9.17, 15) is 13.2 Å². The molecule has 0 spiro atoms. The number of halogens is 1. The number of benzene rings is 2. The maximum absolute atomic E-state index is 13.3. The number of rotatable bonds is 7. The van der Waals surface area contributed by atoms with Crippen LogP contribution in [0.5, 0.6) is 0 Å². The van der Waals surface area contributed by atoms with Gasteiger partial charge in [0.2, 0.25) is 5.91 Å². The summed E-state index contributed by atoms with van der Waals surface area (Å²) in [5.41, 5.74) is 1.14. The molecule has 1 saturated carbocycles. The Balaban J connectivity index is 1.84. The summed E-state index contributed by atoms with van der Waals surface area (Å²) in [6, 6.07) is 13.1. The Bertz CT molecular complexity index is 942. The molecule has 156 valence electrons. The van der Waals surface area contributed by atoms with Crippen molar-refractivity contribution >= 4 is 33.2 Å². The molecule has 5 nitrogen and oxygen atoms in total. The standard InChI is InChI=1S/C22H27ClN2O3S/c1-17-14-19(23)12-13-21(17)25(29(27,28)20-10-6-3-7-11-20)16-22(26)24-15-18-8-4-2-5-9-18/h3,6-7,10-14,18H,2,4-5,8-9,15-16H2,1H3,(H,24,26). The molecule has 3 rings (SSSR count). The number of amides is 1. The molecule has 0 unspecified atom stereocenters. The summed E-state index contributed by atoms with van der Waals surface area (Å²) in [7, 11) is -3.90. The second-order valence-electron chi connectivity index (χ2n) is 7.56. The molecule has 1 fully saturated rings. The topological polar surface area (TPSA) is 66.5 Å². The molecule has 2 aromatic rings. The minimum Gasteiger partial charge on any atom is -0.354 e. The van der Waals surface area contributed by atoms with Crippen molar-refractivity contribution in [2.45, 2.75) is 43.9 Å². The molecule has 0 bridgehead atoms. The molecule has 0 aromatic heterocycles. The zero-order chi connectivity index (χ0) is 20.9. The van der Waals surface area contributed by atoms with E-state index in [2.05, 4.69) is 5.32 Å². The van der Waals surface area contributed by atoms with E-state index in [1.54, 1.807) is 43.3 Å². The fraction of sp³-hybridized carbons (Fsp3) is 0.409. The summed E-state index contributed by atoms with van der Waals surface area (Å²) in [4.78, 5) is 12.8. The minimum atomic E-state index is -3.90. The fourth-order valence-electron chi connectivity index (χ4n) is 3.75. The summed E-state index contributed by atoms with van der Waals surface area (Å²) < 4.78 is 27.8. The number of carbonyl (C=O) groups excluding carboxylic acids is 1. The first kappa shape index (κ1) is 21.7. The number of carbonyl (C=O) groups is 1. The Morgan fingerprint density at radius 1 is 1.10 bits per heavy atom. The van der Waals surface area contributed by atoms with Crippen molar-refractivity contribution in [3.05, 3.63) is 59.1 Å². The monoisotopic (exact) mass is 434 g/mol. The van der Waals surface area contributed by atoms with Crippen LogP contribution in [0.4, 0.5) is 5.69 Å². The fourth-order valence-corrected chi connectivity index (χ4v) is 5.49. The summed E-state index contributed by atoms with van der Waals surface area (Å²) in [6.07, 6.45) is 5.87. The van der Waals surface area contributed by atoms with Gasteiger partial charge >= 0.3 is 0 Å². The summed E-state index contributed by atoms with van der Waals surface area (Å²) in [6.45, 7) is 2.11. The van der Waals surface area contributed by atoms with Crippen LogP contribution in [0.1, 0.15) is 37.7 Å². The molecule has 2 aromatic carbocycles. The molecule has 1 N–H and O–H groups in total. The molecule has 1 amide bonds. The molecular formula is C22H27ClN2O3S. The molecule has 0 aliphatic heterocycles. The van der Waals surface area contributed by atoms with Crippen LogP contribution in [0.25, 0.3) is 0 Å². The number of hydrogen-bond donors (Lipinski definition) is 1. The Hall–Kier alpha value is -2.05. The third-order valence-electron chi connectivity index (χ3n) is 5.36. The van der Waals surface area contributed by atoms with Crippen molar-refractivity contribution in [2.75, 3.05) is 17.4 Å². The van der Waals surface area contributed by atoms with Crippen molar-refractivity contribution < 1.29 is 13.2 Å². The quantitative estimate of drug-likeness (QED) is 0.695. The van der Waals surface area contributed by atoms with Crippen molar-refractivity contribution in [1.82, 2.24) is 5.32 Å². The average Bonchev–Trinajstić information content (AvgIpc) is 2.72. The van der Waals surface area contributed by atoms with Gasteiger partial charge in [0, 0.05) is 11.6 Å². The second kappa shape index (κ2) is 9.63. The first-order chi connectivity index (χ1) is 13.9. The van der Waals surface area contributed by atoms with E-state index in [4.69, 9.17) is 11.6 Å². The molecule has 0 saturated heterocycles. The zero-order valence-corrected chi connectivity index (χ0v) is 18.2. The first-order valence-electron chi connectivity index (χ1n) is 9.98. The number of hydrogen-bond acceptors (Lipinski definition) is 3.